The van der Waals surface area contributed by atoms with E-state index in [0.717, 1.165) is 32.4 Å². The third-order valence-electron chi connectivity index (χ3n) is 4.18. The lowest BCUT2D eigenvalue weighted by Crippen LogP contribution is -2.49. The van der Waals surface area contributed by atoms with Crippen LogP contribution in [0.2, 0.25) is 0 Å². The van der Waals surface area contributed by atoms with Crippen molar-refractivity contribution in [3.05, 3.63) is 0 Å². The molecule has 2 amide bonds. The maximum atomic E-state index is 12.2. The van der Waals surface area contributed by atoms with Gasteiger partial charge in [-0.15, -0.1) is 0 Å². The van der Waals surface area contributed by atoms with Crippen molar-refractivity contribution in [2.75, 3.05) is 26.2 Å². The summed E-state index contributed by atoms with van der Waals surface area (Å²) in [6.45, 7) is 12.7. The van der Waals surface area contributed by atoms with Crippen molar-refractivity contribution in [1.29, 1.82) is 0 Å². The van der Waals surface area contributed by atoms with Gasteiger partial charge in [-0.05, 0) is 46.0 Å². The van der Waals surface area contributed by atoms with E-state index in [1.807, 2.05) is 13.8 Å². The molecule has 2 N–H and O–H groups in total. The normalized spacial score (nSPS) is 18.0. The number of ether oxygens (including phenoxy) is 1. The molecule has 0 radical (unpaired) electrons. The highest BCUT2D eigenvalue weighted by molar-refractivity contribution is 5.80. The predicted octanol–water partition coefficient (Wildman–Crippen LogP) is 1.54. The van der Waals surface area contributed by atoms with Crippen LogP contribution in [-0.4, -0.2) is 61.1 Å². The van der Waals surface area contributed by atoms with Crippen LogP contribution in [0.1, 0.15) is 53.9 Å². The highest BCUT2D eigenvalue weighted by Gasteiger charge is 2.24. The molecular weight excluding hydrogens is 306 g/mol. The molecule has 0 aromatic heterocycles. The lowest BCUT2D eigenvalue weighted by molar-refractivity contribution is -0.133. The number of piperidine rings is 1. The first-order chi connectivity index (χ1) is 11.3. The molecular formula is C18H35N3O3. The monoisotopic (exact) mass is 341 g/mol. The molecule has 24 heavy (non-hydrogen) atoms. The number of hydrogen-bond donors (Lipinski definition) is 2. The van der Waals surface area contributed by atoms with E-state index < -0.39 is 6.10 Å². The Balaban J connectivity index is 2.22. The van der Waals surface area contributed by atoms with E-state index in [9.17, 15) is 9.59 Å². The molecule has 6 nitrogen and oxygen atoms in total. The minimum absolute atomic E-state index is 0.0326. The molecule has 1 fully saturated rings. The maximum Gasteiger partial charge on any atom is 0.249 e. The Labute approximate surface area is 146 Å². The van der Waals surface area contributed by atoms with E-state index in [1.54, 1.807) is 6.92 Å². The molecule has 0 spiro atoms. The summed E-state index contributed by atoms with van der Waals surface area (Å²) in [6.07, 6.45) is 2.31. The average molecular weight is 341 g/mol. The Hall–Kier alpha value is -1.14. The molecule has 1 rings (SSSR count). The second kappa shape index (κ2) is 10.7. The molecule has 0 aromatic carbocycles. The van der Waals surface area contributed by atoms with Gasteiger partial charge >= 0.3 is 0 Å². The molecule has 0 aliphatic carbocycles. The van der Waals surface area contributed by atoms with Crippen molar-refractivity contribution >= 4 is 11.8 Å². The molecule has 1 aliphatic rings. The van der Waals surface area contributed by atoms with E-state index in [-0.39, 0.29) is 23.9 Å². The first-order valence-electron chi connectivity index (χ1n) is 9.21. The number of nitrogens with zero attached hydrogens (tertiary/aromatic N) is 1. The summed E-state index contributed by atoms with van der Waals surface area (Å²) >= 11 is 0. The van der Waals surface area contributed by atoms with Crippen LogP contribution in [0.5, 0.6) is 0 Å². The van der Waals surface area contributed by atoms with E-state index in [4.69, 9.17) is 4.74 Å². The fourth-order valence-corrected chi connectivity index (χ4v) is 2.68. The first-order valence-corrected chi connectivity index (χ1v) is 9.21. The van der Waals surface area contributed by atoms with Gasteiger partial charge in [-0.1, -0.05) is 13.8 Å². The zero-order valence-corrected chi connectivity index (χ0v) is 15.9. The van der Waals surface area contributed by atoms with Crippen molar-refractivity contribution in [2.45, 2.75) is 72.1 Å². The second-order valence-electron chi connectivity index (χ2n) is 7.48. The standard InChI is InChI=1S/C18H35N3O3/c1-13(2)8-11-24-15(5)18(23)20-16-6-9-21(10-7-16)12-17(22)19-14(3)4/h13-16H,6-12H2,1-5H3,(H,19,22)(H,20,23)/t15-/m0/s1. The topological polar surface area (TPSA) is 70.7 Å². The number of amides is 2. The molecule has 0 aromatic rings. The van der Waals surface area contributed by atoms with Crippen LogP contribution < -0.4 is 10.6 Å². The lowest BCUT2D eigenvalue weighted by atomic mass is 10.0. The molecule has 0 bridgehead atoms. The maximum absolute atomic E-state index is 12.2. The van der Waals surface area contributed by atoms with Crippen molar-refractivity contribution < 1.29 is 14.3 Å². The molecule has 0 unspecified atom stereocenters. The van der Waals surface area contributed by atoms with Gasteiger partial charge in [0.2, 0.25) is 11.8 Å². The summed E-state index contributed by atoms with van der Waals surface area (Å²) in [5.41, 5.74) is 0. The van der Waals surface area contributed by atoms with E-state index in [1.165, 1.54) is 0 Å². The molecule has 1 saturated heterocycles. The van der Waals surface area contributed by atoms with Gasteiger partial charge in [0.15, 0.2) is 0 Å². The Kier molecular flexibility index (Phi) is 9.29. The number of carbonyl (C=O) groups is 2. The quantitative estimate of drug-likeness (QED) is 0.667. The van der Waals surface area contributed by atoms with Crippen LogP contribution in [0, 0.1) is 5.92 Å². The molecule has 0 saturated carbocycles. The van der Waals surface area contributed by atoms with Gasteiger partial charge in [0.25, 0.3) is 0 Å². The van der Waals surface area contributed by atoms with Gasteiger partial charge in [-0.3, -0.25) is 14.5 Å². The summed E-state index contributed by atoms with van der Waals surface area (Å²) in [4.78, 5) is 26.1. The van der Waals surface area contributed by atoms with Crippen LogP contribution in [0.3, 0.4) is 0 Å². The van der Waals surface area contributed by atoms with Crippen molar-refractivity contribution in [3.63, 3.8) is 0 Å². The fourth-order valence-electron chi connectivity index (χ4n) is 2.68. The second-order valence-corrected chi connectivity index (χ2v) is 7.48. The van der Waals surface area contributed by atoms with E-state index in [0.29, 0.717) is 19.1 Å². The van der Waals surface area contributed by atoms with Gasteiger partial charge in [0.05, 0.1) is 6.54 Å². The van der Waals surface area contributed by atoms with Gasteiger partial charge < -0.3 is 15.4 Å². The van der Waals surface area contributed by atoms with Gasteiger partial charge in [0.1, 0.15) is 6.10 Å². The average Bonchev–Trinajstić information content (AvgIpc) is 2.47. The van der Waals surface area contributed by atoms with Gasteiger partial charge in [-0.2, -0.15) is 0 Å². The van der Waals surface area contributed by atoms with Crippen molar-refractivity contribution in [1.82, 2.24) is 15.5 Å². The van der Waals surface area contributed by atoms with Gasteiger partial charge in [0, 0.05) is 31.8 Å². The Morgan fingerprint density at radius 1 is 1.12 bits per heavy atom. The van der Waals surface area contributed by atoms with Gasteiger partial charge in [-0.25, -0.2) is 0 Å². The number of rotatable bonds is 9. The van der Waals surface area contributed by atoms with Crippen LogP contribution in [0.15, 0.2) is 0 Å². The molecule has 6 heteroatoms. The minimum Gasteiger partial charge on any atom is -0.369 e. The van der Waals surface area contributed by atoms with E-state index >= 15 is 0 Å². The minimum atomic E-state index is -0.404. The van der Waals surface area contributed by atoms with Crippen LogP contribution in [0.25, 0.3) is 0 Å². The van der Waals surface area contributed by atoms with Crippen LogP contribution in [-0.2, 0) is 14.3 Å². The van der Waals surface area contributed by atoms with Crippen LogP contribution in [0.4, 0.5) is 0 Å². The number of carbonyl (C=O) groups excluding carboxylic acids is 2. The first kappa shape index (κ1) is 20.9. The number of nitrogens with one attached hydrogen (secondary N) is 2. The Bertz CT molecular complexity index is 391. The third-order valence-corrected chi connectivity index (χ3v) is 4.18. The van der Waals surface area contributed by atoms with Crippen molar-refractivity contribution in [3.8, 4) is 0 Å². The SMILES string of the molecule is CC(C)CCO[C@@H](C)C(=O)NC1CCN(CC(=O)NC(C)C)CC1. The number of hydrogen-bond acceptors (Lipinski definition) is 4. The molecule has 1 heterocycles. The summed E-state index contributed by atoms with van der Waals surface area (Å²) in [5, 5.41) is 5.98. The zero-order valence-electron chi connectivity index (χ0n) is 15.9. The third kappa shape index (κ3) is 8.64. The van der Waals surface area contributed by atoms with Crippen LogP contribution >= 0.6 is 0 Å². The summed E-state index contributed by atoms with van der Waals surface area (Å²) in [5.74, 6) is 0.618. The summed E-state index contributed by atoms with van der Waals surface area (Å²) in [6, 6.07) is 0.351. The highest BCUT2D eigenvalue weighted by Crippen LogP contribution is 2.11. The van der Waals surface area contributed by atoms with E-state index in [2.05, 4.69) is 29.4 Å². The fraction of sp³-hybridized carbons (Fsp3) is 0.889. The molecule has 1 atom stereocenters. The molecule has 140 valence electrons. The highest BCUT2D eigenvalue weighted by atomic mass is 16.5. The number of likely N-dealkylation sites (tertiary alicyclic amines) is 1. The lowest BCUT2D eigenvalue weighted by Gasteiger charge is -2.32. The summed E-state index contributed by atoms with van der Waals surface area (Å²) in [7, 11) is 0. The van der Waals surface area contributed by atoms with Crippen molar-refractivity contribution in [2.24, 2.45) is 5.92 Å². The predicted molar refractivity (Wildman–Crippen MR) is 95.8 cm³/mol. The Morgan fingerprint density at radius 3 is 2.29 bits per heavy atom. The largest absolute Gasteiger partial charge is 0.369 e. The smallest absolute Gasteiger partial charge is 0.249 e. The Morgan fingerprint density at radius 2 is 1.75 bits per heavy atom. The summed E-state index contributed by atoms with van der Waals surface area (Å²) < 4.78 is 5.59. The molecule has 1 aliphatic heterocycles. The zero-order chi connectivity index (χ0) is 18.1.